The predicted octanol–water partition coefficient (Wildman–Crippen LogP) is 17.7. The van der Waals surface area contributed by atoms with Crippen molar-refractivity contribution in [1.82, 2.24) is 5.32 Å². The van der Waals surface area contributed by atoms with E-state index in [0.29, 0.717) is 23.9 Å². The molecular formula is C65H111N2O7P. The number of allylic oxidation sites excluding steroid dienone is 19. The molecule has 0 rings (SSSR count). The number of quaternary nitrogens is 1. The van der Waals surface area contributed by atoms with Gasteiger partial charge in [-0.3, -0.25) is 14.2 Å². The normalized spacial score (nSPS) is 14.6. The molecule has 3 unspecified atom stereocenters. The Morgan fingerprint density at radius 3 is 1.28 bits per heavy atom. The van der Waals surface area contributed by atoms with Crippen LogP contribution in [0, 0.1) is 0 Å². The standard InChI is InChI=1S/C65H111N2O7P/c1-7-10-13-16-19-22-25-28-30-31-32-33-34-35-36-37-38-39-42-45-48-51-54-57-64(68)66-62(61-73-75(70,71)72-60-59-67(4,5)6)63(56-53-50-47-44-41-27-24-21-18-15-12-9-3)74-65(69)58-55-52-49-46-43-40-29-26-23-20-17-14-11-8-2/h10-11,13-14,19-20,22-23,28-30,32-33,35-36,38-40,53,56,62-63H,7-9,12,15-18,21,24-27,31,34,37,41-52,54-55,57-61H2,1-6H3,(H-,66,68,70,71)/b13-10-,14-11+,22-19-,23-20+,30-28-,33-32-,36-35-,39-38-,40-29+,56-53-. The Labute approximate surface area is 461 Å². The number of nitrogens with one attached hydrogen (secondary N) is 1. The molecule has 0 saturated carbocycles. The molecule has 3 atom stereocenters. The molecule has 0 saturated heterocycles. The number of likely N-dealkylation sites (N-methyl/N-ethyl adjacent to an activating group) is 1. The Bertz CT molecular complexity index is 1700. The van der Waals surface area contributed by atoms with Crippen molar-refractivity contribution in [2.75, 3.05) is 40.9 Å². The van der Waals surface area contributed by atoms with Gasteiger partial charge in [0, 0.05) is 12.8 Å². The van der Waals surface area contributed by atoms with Crippen LogP contribution in [0.3, 0.4) is 0 Å². The van der Waals surface area contributed by atoms with Crippen LogP contribution in [0.1, 0.15) is 226 Å². The van der Waals surface area contributed by atoms with Crippen molar-refractivity contribution in [3.05, 3.63) is 122 Å². The highest BCUT2D eigenvalue weighted by Gasteiger charge is 2.27. The molecule has 0 aliphatic heterocycles. The number of hydrogen-bond donors (Lipinski definition) is 1. The minimum atomic E-state index is -4.72. The van der Waals surface area contributed by atoms with Crippen molar-refractivity contribution in [3.8, 4) is 0 Å². The maximum Gasteiger partial charge on any atom is 0.306 e. The van der Waals surface area contributed by atoms with Crippen molar-refractivity contribution < 1.29 is 37.3 Å². The van der Waals surface area contributed by atoms with Gasteiger partial charge in [-0.15, -0.1) is 0 Å². The Balaban J connectivity index is 5.35. The minimum Gasteiger partial charge on any atom is -0.756 e. The molecule has 75 heavy (non-hydrogen) atoms. The molecule has 0 heterocycles. The van der Waals surface area contributed by atoms with Crippen LogP contribution < -0.4 is 10.2 Å². The molecule has 1 N–H and O–H groups in total. The van der Waals surface area contributed by atoms with Crippen LogP contribution in [0.4, 0.5) is 0 Å². The summed E-state index contributed by atoms with van der Waals surface area (Å²) >= 11 is 0. The third-order valence-electron chi connectivity index (χ3n) is 12.4. The fourth-order valence-electron chi connectivity index (χ4n) is 7.83. The summed E-state index contributed by atoms with van der Waals surface area (Å²) in [5.41, 5.74) is 0. The summed E-state index contributed by atoms with van der Waals surface area (Å²) in [6.07, 6.45) is 74.5. The molecule has 0 aromatic rings. The number of esters is 1. The van der Waals surface area contributed by atoms with Crippen molar-refractivity contribution in [2.45, 2.75) is 238 Å². The number of amides is 1. The highest BCUT2D eigenvalue weighted by atomic mass is 31.2. The van der Waals surface area contributed by atoms with Crippen LogP contribution in [0.25, 0.3) is 0 Å². The maximum absolute atomic E-state index is 13.5. The molecular weight excluding hydrogens is 952 g/mol. The van der Waals surface area contributed by atoms with E-state index < -0.39 is 26.6 Å². The first kappa shape index (κ1) is 71.4. The lowest BCUT2D eigenvalue weighted by atomic mass is 10.0. The number of rotatable bonds is 52. The largest absolute Gasteiger partial charge is 0.756 e. The van der Waals surface area contributed by atoms with Gasteiger partial charge in [0.05, 0.1) is 33.8 Å². The van der Waals surface area contributed by atoms with E-state index in [-0.39, 0.29) is 31.3 Å². The molecule has 0 aromatic carbocycles. The SMILES string of the molecule is CC/C=C\C/C=C\C/C=C\C/C=C\C/C=C\C/C=C\CCCCCCC(=O)NC(COP(=O)([O-])OCC[N+](C)(C)C)C(/C=C\CCCCCCCCCCCC)OC(=O)CCCCCC/C=C/C/C=C/C/C=C/CC. The number of carbonyl (C=O) groups is 2. The van der Waals surface area contributed by atoms with E-state index in [1.165, 1.54) is 51.4 Å². The molecule has 0 spiro atoms. The molecule has 428 valence electrons. The summed E-state index contributed by atoms with van der Waals surface area (Å²) in [5.74, 6) is -0.606. The van der Waals surface area contributed by atoms with Crippen LogP contribution in [0.15, 0.2) is 122 Å². The Kier molecular flexibility index (Phi) is 51.2. The molecule has 10 heteroatoms. The van der Waals surface area contributed by atoms with Crippen molar-refractivity contribution in [3.63, 3.8) is 0 Å². The van der Waals surface area contributed by atoms with E-state index in [0.717, 1.165) is 128 Å². The molecule has 1 amide bonds. The first-order valence-electron chi connectivity index (χ1n) is 29.8. The number of carbonyl (C=O) groups excluding carboxylic acids is 2. The van der Waals surface area contributed by atoms with Crippen LogP contribution >= 0.6 is 7.82 Å². The van der Waals surface area contributed by atoms with Gasteiger partial charge in [-0.2, -0.15) is 0 Å². The summed E-state index contributed by atoms with van der Waals surface area (Å²) in [6.45, 7) is 6.55. The van der Waals surface area contributed by atoms with Gasteiger partial charge in [0.2, 0.25) is 5.91 Å². The van der Waals surface area contributed by atoms with Gasteiger partial charge in [0.1, 0.15) is 19.3 Å². The predicted molar refractivity (Wildman–Crippen MR) is 320 cm³/mol. The second-order valence-electron chi connectivity index (χ2n) is 20.7. The lowest BCUT2D eigenvalue weighted by Crippen LogP contribution is -2.47. The Morgan fingerprint density at radius 2 is 0.853 bits per heavy atom. The lowest BCUT2D eigenvalue weighted by Gasteiger charge is -2.30. The topological polar surface area (TPSA) is 114 Å². The molecule has 0 aliphatic rings. The number of nitrogens with zero attached hydrogens (tertiary/aromatic N) is 1. The summed E-state index contributed by atoms with van der Waals surface area (Å²) in [5, 5.41) is 3.00. The highest BCUT2D eigenvalue weighted by molar-refractivity contribution is 7.45. The van der Waals surface area contributed by atoms with Crippen molar-refractivity contribution >= 4 is 19.7 Å². The Hall–Kier alpha value is -3.59. The van der Waals surface area contributed by atoms with Gasteiger partial charge in [-0.05, 0) is 115 Å². The number of ether oxygens (including phenoxy) is 1. The zero-order valence-corrected chi connectivity index (χ0v) is 49.6. The second kappa shape index (κ2) is 53.8. The average molecular weight is 1060 g/mol. The fourth-order valence-corrected chi connectivity index (χ4v) is 8.55. The summed E-state index contributed by atoms with van der Waals surface area (Å²) in [4.78, 5) is 39.9. The Morgan fingerprint density at radius 1 is 0.480 bits per heavy atom. The average Bonchev–Trinajstić information content (AvgIpc) is 3.37. The quantitative estimate of drug-likeness (QED) is 0.0212. The molecule has 0 aliphatic carbocycles. The van der Waals surface area contributed by atoms with E-state index >= 15 is 0 Å². The maximum atomic E-state index is 13.5. The van der Waals surface area contributed by atoms with Gasteiger partial charge in [0.25, 0.3) is 7.82 Å². The number of phosphoric ester groups is 1. The first-order valence-corrected chi connectivity index (χ1v) is 31.3. The zero-order valence-electron chi connectivity index (χ0n) is 48.7. The van der Waals surface area contributed by atoms with Crippen LogP contribution in [0.5, 0.6) is 0 Å². The van der Waals surface area contributed by atoms with E-state index in [2.05, 4.69) is 135 Å². The van der Waals surface area contributed by atoms with Crippen LogP contribution in [-0.4, -0.2) is 69.4 Å². The zero-order chi connectivity index (χ0) is 55.0. The van der Waals surface area contributed by atoms with E-state index in [4.69, 9.17) is 13.8 Å². The molecule has 0 aromatic heterocycles. The van der Waals surface area contributed by atoms with Gasteiger partial charge < -0.3 is 28.5 Å². The van der Waals surface area contributed by atoms with Crippen molar-refractivity contribution in [1.29, 1.82) is 0 Å². The third-order valence-corrected chi connectivity index (χ3v) is 13.4. The summed E-state index contributed by atoms with van der Waals surface area (Å²) in [6, 6.07) is -0.919. The van der Waals surface area contributed by atoms with E-state index in [1.54, 1.807) is 0 Å². The first-order chi connectivity index (χ1) is 36.4. The van der Waals surface area contributed by atoms with Gasteiger partial charge >= 0.3 is 5.97 Å². The summed E-state index contributed by atoms with van der Waals surface area (Å²) < 4.78 is 30.2. The third kappa shape index (κ3) is 55.0. The van der Waals surface area contributed by atoms with Gasteiger partial charge in [-0.1, -0.05) is 220 Å². The fraction of sp³-hybridized carbons (Fsp3) is 0.662. The number of unbranched alkanes of at least 4 members (excludes halogenated alkanes) is 18. The monoisotopic (exact) mass is 1060 g/mol. The lowest BCUT2D eigenvalue weighted by molar-refractivity contribution is -0.870. The minimum absolute atomic E-state index is 0.0383. The van der Waals surface area contributed by atoms with Crippen LogP contribution in [-0.2, 0) is 27.9 Å². The number of phosphoric acid groups is 1. The van der Waals surface area contributed by atoms with Crippen LogP contribution in [0.2, 0.25) is 0 Å². The highest BCUT2D eigenvalue weighted by Crippen LogP contribution is 2.38. The van der Waals surface area contributed by atoms with E-state index in [9.17, 15) is 19.0 Å². The molecule has 0 fully saturated rings. The number of hydrogen-bond acceptors (Lipinski definition) is 7. The van der Waals surface area contributed by atoms with Gasteiger partial charge in [-0.25, -0.2) is 0 Å². The van der Waals surface area contributed by atoms with Crippen molar-refractivity contribution in [2.24, 2.45) is 0 Å². The second-order valence-corrected chi connectivity index (χ2v) is 22.1. The molecule has 0 bridgehead atoms. The summed E-state index contributed by atoms with van der Waals surface area (Å²) in [7, 11) is 1.13. The van der Waals surface area contributed by atoms with E-state index in [1.807, 2.05) is 33.3 Å². The smallest absolute Gasteiger partial charge is 0.306 e. The molecule has 9 nitrogen and oxygen atoms in total. The van der Waals surface area contributed by atoms with Gasteiger partial charge in [0.15, 0.2) is 0 Å². The molecule has 0 radical (unpaired) electrons.